The second-order valence-corrected chi connectivity index (χ2v) is 14.1. The summed E-state index contributed by atoms with van der Waals surface area (Å²) < 4.78 is 12.6. The Bertz CT molecular complexity index is 3190. The summed E-state index contributed by atoms with van der Waals surface area (Å²) in [6.45, 7) is 0. The number of para-hydroxylation sites is 3. The zero-order chi connectivity index (χ0) is 36.3. The van der Waals surface area contributed by atoms with Crippen molar-refractivity contribution in [3.63, 3.8) is 0 Å². The molecule has 3 heteroatoms. The van der Waals surface area contributed by atoms with Crippen molar-refractivity contribution in [1.82, 2.24) is 0 Å². The summed E-state index contributed by atoms with van der Waals surface area (Å²) >= 11 is 0. The Balaban J connectivity index is 1.05. The minimum Gasteiger partial charge on any atom is -0.456 e. The van der Waals surface area contributed by atoms with Crippen molar-refractivity contribution in [2.24, 2.45) is 0 Å². The van der Waals surface area contributed by atoms with Crippen molar-refractivity contribution in [3.05, 3.63) is 200 Å². The Morgan fingerprint density at radius 2 is 0.818 bits per heavy atom. The van der Waals surface area contributed by atoms with Crippen LogP contribution in [0.1, 0.15) is 0 Å². The van der Waals surface area contributed by atoms with Gasteiger partial charge in [0.1, 0.15) is 22.3 Å². The summed E-state index contributed by atoms with van der Waals surface area (Å²) in [5.41, 5.74) is 13.7. The minimum atomic E-state index is 0.892. The highest BCUT2D eigenvalue weighted by atomic mass is 16.3. The first-order valence-electron chi connectivity index (χ1n) is 18.7. The van der Waals surface area contributed by atoms with Gasteiger partial charge in [-0.2, -0.15) is 0 Å². The van der Waals surface area contributed by atoms with Gasteiger partial charge in [-0.3, -0.25) is 0 Å². The molecule has 2 heterocycles. The molecule has 258 valence electrons. The molecular formula is C52H33NO2. The molecule has 0 radical (unpaired) electrons. The lowest BCUT2D eigenvalue weighted by Gasteiger charge is -2.28. The third-order valence-corrected chi connectivity index (χ3v) is 10.9. The van der Waals surface area contributed by atoms with Gasteiger partial charge >= 0.3 is 0 Å². The molecule has 0 aliphatic rings. The van der Waals surface area contributed by atoms with E-state index in [1.807, 2.05) is 24.3 Å². The summed E-state index contributed by atoms with van der Waals surface area (Å²) in [5, 5.41) is 6.87. The summed E-state index contributed by atoms with van der Waals surface area (Å²) in [6, 6.07) is 71.1. The van der Waals surface area contributed by atoms with E-state index < -0.39 is 0 Å². The number of hydrogen-bond donors (Lipinski definition) is 0. The maximum Gasteiger partial charge on any atom is 0.136 e. The van der Waals surface area contributed by atoms with Gasteiger partial charge in [0.2, 0.25) is 0 Å². The molecule has 0 unspecified atom stereocenters. The molecule has 3 nitrogen and oxygen atoms in total. The molecule has 0 fully saturated rings. The number of furan rings is 2. The Labute approximate surface area is 317 Å². The van der Waals surface area contributed by atoms with E-state index in [1.165, 1.54) is 16.5 Å². The second-order valence-electron chi connectivity index (χ2n) is 14.1. The molecule has 0 spiro atoms. The summed E-state index contributed by atoms with van der Waals surface area (Å²) in [6.07, 6.45) is 0. The maximum absolute atomic E-state index is 6.39. The first kappa shape index (κ1) is 31.2. The molecule has 0 N–H and O–H groups in total. The number of hydrogen-bond acceptors (Lipinski definition) is 3. The van der Waals surface area contributed by atoms with E-state index in [1.54, 1.807) is 0 Å². The average molecular weight is 704 g/mol. The molecule has 9 aromatic carbocycles. The molecule has 0 amide bonds. The van der Waals surface area contributed by atoms with Crippen molar-refractivity contribution in [1.29, 1.82) is 0 Å². The molecule has 0 aliphatic carbocycles. The fourth-order valence-electron chi connectivity index (χ4n) is 8.20. The minimum absolute atomic E-state index is 0.892. The van der Waals surface area contributed by atoms with Gasteiger partial charge in [-0.15, -0.1) is 0 Å². The predicted octanol–water partition coefficient (Wildman–Crippen LogP) is 15.1. The van der Waals surface area contributed by atoms with Crippen LogP contribution in [-0.4, -0.2) is 0 Å². The number of rotatable bonds is 6. The highest BCUT2D eigenvalue weighted by Gasteiger charge is 2.20. The SMILES string of the molecule is c1ccc(-c2ccc(N(c3ccc(-c4ccc5c(c4)oc4ccccc45)cc3)c3ccccc3-c3cccc4cc5c(cc34)oc3ccccc35)cc2)cc1. The summed E-state index contributed by atoms with van der Waals surface area (Å²) in [4.78, 5) is 2.37. The monoisotopic (exact) mass is 703 g/mol. The topological polar surface area (TPSA) is 29.5 Å². The average Bonchev–Trinajstić information content (AvgIpc) is 3.81. The highest BCUT2D eigenvalue weighted by Crippen LogP contribution is 2.45. The van der Waals surface area contributed by atoms with Crippen LogP contribution < -0.4 is 4.90 Å². The van der Waals surface area contributed by atoms with Gasteiger partial charge in [0.25, 0.3) is 0 Å². The predicted molar refractivity (Wildman–Crippen MR) is 229 cm³/mol. The largest absolute Gasteiger partial charge is 0.456 e. The van der Waals surface area contributed by atoms with E-state index in [0.29, 0.717) is 0 Å². The Hall–Kier alpha value is -7.36. The first-order chi connectivity index (χ1) is 27.2. The smallest absolute Gasteiger partial charge is 0.136 e. The molecular weight excluding hydrogens is 671 g/mol. The number of anilines is 3. The lowest BCUT2D eigenvalue weighted by Crippen LogP contribution is -2.11. The second kappa shape index (κ2) is 12.6. The third kappa shape index (κ3) is 5.28. The first-order valence-corrected chi connectivity index (χ1v) is 18.7. The summed E-state index contributed by atoms with van der Waals surface area (Å²) in [7, 11) is 0. The van der Waals surface area contributed by atoms with Crippen LogP contribution in [0, 0.1) is 0 Å². The van der Waals surface area contributed by atoms with Crippen molar-refractivity contribution >= 4 is 71.7 Å². The number of fused-ring (bicyclic) bond motifs is 7. The van der Waals surface area contributed by atoms with Crippen molar-refractivity contribution in [2.45, 2.75) is 0 Å². The van der Waals surface area contributed by atoms with E-state index in [4.69, 9.17) is 8.83 Å². The van der Waals surface area contributed by atoms with Crippen LogP contribution in [0.5, 0.6) is 0 Å². The maximum atomic E-state index is 6.39. The van der Waals surface area contributed by atoms with Gasteiger partial charge in [-0.05, 0) is 105 Å². The van der Waals surface area contributed by atoms with E-state index in [9.17, 15) is 0 Å². The normalized spacial score (nSPS) is 11.6. The van der Waals surface area contributed by atoms with Gasteiger partial charge in [0, 0.05) is 38.5 Å². The number of nitrogens with zero attached hydrogens (tertiary/aromatic N) is 1. The zero-order valence-electron chi connectivity index (χ0n) is 29.8. The standard InChI is InChI=1S/C52H33NO2/c1-2-11-34(12-3-1)35-21-26-39(27-22-35)53(40-28-23-36(24-29-40)37-25-30-45-43-15-5-8-19-49(43)54-51(45)32-37)48-18-7-4-14-42(48)41-17-10-13-38-31-47-44-16-6-9-20-50(44)55-52(47)33-46(38)41/h1-33H. The van der Waals surface area contributed by atoms with Crippen LogP contribution in [0.25, 0.3) is 88.0 Å². The van der Waals surface area contributed by atoms with Gasteiger partial charge < -0.3 is 13.7 Å². The van der Waals surface area contributed by atoms with E-state index in [0.717, 1.165) is 88.6 Å². The zero-order valence-corrected chi connectivity index (χ0v) is 29.8. The Kier molecular flexibility index (Phi) is 7.17. The van der Waals surface area contributed by atoms with Crippen molar-refractivity contribution < 1.29 is 8.83 Å². The molecule has 0 saturated carbocycles. The van der Waals surface area contributed by atoms with E-state index in [2.05, 4.69) is 181 Å². The Morgan fingerprint density at radius 3 is 1.55 bits per heavy atom. The molecule has 2 aromatic heterocycles. The molecule has 0 atom stereocenters. The molecule has 0 saturated heterocycles. The molecule has 0 aliphatic heterocycles. The van der Waals surface area contributed by atoms with Crippen LogP contribution in [0.15, 0.2) is 209 Å². The molecule has 0 bridgehead atoms. The molecule has 55 heavy (non-hydrogen) atoms. The lowest BCUT2D eigenvalue weighted by molar-refractivity contribution is 0.669. The van der Waals surface area contributed by atoms with Gasteiger partial charge in [0.05, 0.1) is 5.69 Å². The van der Waals surface area contributed by atoms with E-state index >= 15 is 0 Å². The highest BCUT2D eigenvalue weighted by molar-refractivity contribution is 6.13. The number of benzene rings is 9. The summed E-state index contributed by atoms with van der Waals surface area (Å²) in [5.74, 6) is 0. The third-order valence-electron chi connectivity index (χ3n) is 10.9. The van der Waals surface area contributed by atoms with Crippen molar-refractivity contribution in [2.75, 3.05) is 4.90 Å². The van der Waals surface area contributed by atoms with Crippen LogP contribution in [0.2, 0.25) is 0 Å². The van der Waals surface area contributed by atoms with Crippen LogP contribution in [-0.2, 0) is 0 Å². The van der Waals surface area contributed by atoms with Crippen LogP contribution >= 0.6 is 0 Å². The Morgan fingerprint density at radius 1 is 0.291 bits per heavy atom. The quantitative estimate of drug-likeness (QED) is 0.173. The fraction of sp³-hybridized carbons (Fsp3) is 0. The van der Waals surface area contributed by atoms with Crippen molar-refractivity contribution in [3.8, 4) is 33.4 Å². The molecule has 11 rings (SSSR count). The van der Waals surface area contributed by atoms with Gasteiger partial charge in [0.15, 0.2) is 0 Å². The van der Waals surface area contributed by atoms with Gasteiger partial charge in [-0.1, -0.05) is 133 Å². The van der Waals surface area contributed by atoms with Gasteiger partial charge in [-0.25, -0.2) is 0 Å². The lowest BCUT2D eigenvalue weighted by atomic mass is 9.95. The molecule has 11 aromatic rings. The van der Waals surface area contributed by atoms with Crippen LogP contribution in [0.3, 0.4) is 0 Å². The van der Waals surface area contributed by atoms with Crippen LogP contribution in [0.4, 0.5) is 17.1 Å². The fourth-order valence-corrected chi connectivity index (χ4v) is 8.20. The van der Waals surface area contributed by atoms with E-state index in [-0.39, 0.29) is 0 Å².